The van der Waals surface area contributed by atoms with Gasteiger partial charge in [0.15, 0.2) is 34.3 Å². The lowest BCUT2D eigenvalue weighted by atomic mass is 10.1. The van der Waals surface area contributed by atoms with Gasteiger partial charge in [-0.3, -0.25) is 4.57 Å². The fourth-order valence-corrected chi connectivity index (χ4v) is 6.73. The third-order valence-corrected chi connectivity index (χ3v) is 17.4. The average Bonchev–Trinajstić information content (AvgIpc) is 3.22. The lowest BCUT2D eigenvalue weighted by Gasteiger charge is -2.44. The summed E-state index contributed by atoms with van der Waals surface area (Å²) < 4.78 is 23.5. The Morgan fingerprint density at radius 2 is 1.52 bits per heavy atom. The maximum absolute atomic E-state index is 7.07. The molecule has 0 aliphatic carbocycles. The number of imidazole rings is 1. The summed E-state index contributed by atoms with van der Waals surface area (Å²) in [6.45, 7) is 22.7. The highest BCUT2D eigenvalue weighted by atomic mass is 127. The van der Waals surface area contributed by atoms with E-state index in [1.54, 1.807) is 6.33 Å². The quantitative estimate of drug-likeness (QED) is 0.263. The predicted molar refractivity (Wildman–Crippen MR) is 147 cm³/mol. The van der Waals surface area contributed by atoms with E-state index in [1.165, 1.54) is 6.33 Å². The van der Waals surface area contributed by atoms with Gasteiger partial charge in [0.05, 0.1) is 12.4 Å². The SMILES string of the molecule is CC(C)(C)[Si](C)(C)O[C@@H]1[C@H](O[Si](C)(C)C(C)(C)C)[C@@H](CI)O[C@H]1n1cnc2c(N)ncnc21. The first kappa shape index (κ1) is 27.0. The second-order valence-electron chi connectivity index (χ2n) is 12.0. The summed E-state index contributed by atoms with van der Waals surface area (Å²) in [6, 6.07) is 0. The third kappa shape index (κ3) is 5.18. The van der Waals surface area contributed by atoms with Crippen LogP contribution in [0.15, 0.2) is 12.7 Å². The second kappa shape index (κ2) is 9.12. The number of rotatable bonds is 6. The van der Waals surface area contributed by atoms with Gasteiger partial charge in [0.1, 0.15) is 24.1 Å². The van der Waals surface area contributed by atoms with Gasteiger partial charge in [-0.15, -0.1) is 0 Å². The van der Waals surface area contributed by atoms with E-state index in [-0.39, 0.29) is 28.4 Å². The number of ether oxygens (including phenoxy) is 1. The smallest absolute Gasteiger partial charge is 0.192 e. The monoisotopic (exact) mass is 605 g/mol. The molecule has 33 heavy (non-hydrogen) atoms. The van der Waals surface area contributed by atoms with Crippen molar-refractivity contribution in [2.45, 2.75) is 102 Å². The largest absolute Gasteiger partial charge is 0.408 e. The number of nitrogens with two attached hydrogens (primary N) is 1. The number of hydrogen-bond donors (Lipinski definition) is 1. The van der Waals surface area contributed by atoms with Crippen molar-refractivity contribution < 1.29 is 13.6 Å². The molecule has 0 aromatic carbocycles. The van der Waals surface area contributed by atoms with Gasteiger partial charge < -0.3 is 19.3 Å². The van der Waals surface area contributed by atoms with E-state index in [0.717, 1.165) is 4.43 Å². The number of anilines is 1. The van der Waals surface area contributed by atoms with Crippen LogP contribution in [-0.2, 0) is 13.6 Å². The molecular weight excluding hydrogens is 565 g/mol. The van der Waals surface area contributed by atoms with Crippen molar-refractivity contribution in [2.24, 2.45) is 0 Å². The maximum Gasteiger partial charge on any atom is 0.192 e. The minimum atomic E-state index is -2.15. The topological polar surface area (TPSA) is 97.3 Å². The Bertz CT molecular complexity index is 987. The Morgan fingerprint density at radius 3 is 2.03 bits per heavy atom. The van der Waals surface area contributed by atoms with Crippen LogP contribution in [0, 0.1) is 0 Å². The zero-order chi connectivity index (χ0) is 25.0. The summed E-state index contributed by atoms with van der Waals surface area (Å²) in [5.74, 6) is 0.359. The number of aromatic nitrogens is 4. The molecule has 0 saturated carbocycles. The van der Waals surface area contributed by atoms with Gasteiger partial charge in [-0.25, -0.2) is 15.0 Å². The first-order valence-corrected chi connectivity index (χ1v) is 18.8. The molecule has 2 aromatic heterocycles. The van der Waals surface area contributed by atoms with Crippen molar-refractivity contribution in [1.29, 1.82) is 0 Å². The number of halogens is 1. The summed E-state index contributed by atoms with van der Waals surface area (Å²) in [5.41, 5.74) is 7.29. The van der Waals surface area contributed by atoms with Crippen LogP contribution in [0.4, 0.5) is 5.82 Å². The van der Waals surface area contributed by atoms with Gasteiger partial charge in [0.25, 0.3) is 0 Å². The van der Waals surface area contributed by atoms with Crippen molar-refractivity contribution in [3.05, 3.63) is 12.7 Å². The lowest BCUT2D eigenvalue weighted by molar-refractivity contribution is -0.0240. The van der Waals surface area contributed by atoms with Crippen molar-refractivity contribution in [1.82, 2.24) is 19.5 Å². The second-order valence-corrected chi connectivity index (χ2v) is 22.4. The van der Waals surface area contributed by atoms with Crippen LogP contribution in [-0.4, -0.2) is 58.9 Å². The first-order valence-electron chi connectivity index (χ1n) is 11.5. The maximum atomic E-state index is 7.07. The molecule has 186 valence electrons. The highest BCUT2D eigenvalue weighted by Gasteiger charge is 2.54. The van der Waals surface area contributed by atoms with E-state index < -0.39 is 22.9 Å². The molecule has 1 aliphatic heterocycles. The van der Waals surface area contributed by atoms with E-state index in [2.05, 4.69) is 105 Å². The number of nitrogen functional groups attached to an aromatic ring is 1. The van der Waals surface area contributed by atoms with Crippen molar-refractivity contribution in [3.8, 4) is 0 Å². The van der Waals surface area contributed by atoms with Gasteiger partial charge in [-0.05, 0) is 36.3 Å². The normalized spacial score (nSPS) is 25.2. The molecule has 0 radical (unpaired) electrons. The van der Waals surface area contributed by atoms with Crippen LogP contribution in [0.2, 0.25) is 36.3 Å². The standard InChI is InChI=1S/C22H40IN5O3Si2/c1-21(2,3)32(7,8)30-16-14(11-23)29-20(17(16)31-33(9,10)22(4,5)6)28-13-27-15-18(24)25-12-26-19(15)28/h12-14,16-17,20H,11H2,1-10H3,(H2,24,25,26)/t14-,16-,17-,20-/m1/s1. The average molecular weight is 606 g/mol. The van der Waals surface area contributed by atoms with Crippen LogP contribution in [0.25, 0.3) is 11.2 Å². The number of nitrogens with zero attached hydrogens (tertiary/aromatic N) is 4. The predicted octanol–water partition coefficient (Wildman–Crippen LogP) is 5.52. The molecule has 3 heterocycles. The van der Waals surface area contributed by atoms with Crippen molar-refractivity contribution in [3.63, 3.8) is 0 Å². The van der Waals surface area contributed by atoms with E-state index in [9.17, 15) is 0 Å². The Hall–Kier alpha value is -0.606. The third-order valence-electron chi connectivity index (χ3n) is 7.57. The van der Waals surface area contributed by atoms with Gasteiger partial charge in [0.2, 0.25) is 0 Å². The summed E-state index contributed by atoms with van der Waals surface area (Å²) in [6.07, 6.45) is 2.23. The molecule has 11 heteroatoms. The van der Waals surface area contributed by atoms with Crippen LogP contribution in [0.5, 0.6) is 0 Å². The molecule has 1 aliphatic rings. The van der Waals surface area contributed by atoms with Gasteiger partial charge in [0, 0.05) is 4.43 Å². The zero-order valence-corrected chi connectivity index (χ0v) is 25.8. The van der Waals surface area contributed by atoms with Crippen molar-refractivity contribution >= 4 is 56.2 Å². The molecule has 0 amide bonds. The minimum Gasteiger partial charge on any atom is -0.408 e. The van der Waals surface area contributed by atoms with E-state index >= 15 is 0 Å². The highest BCUT2D eigenvalue weighted by Crippen LogP contribution is 2.46. The fraction of sp³-hybridized carbons (Fsp3) is 0.773. The molecule has 1 fully saturated rings. The lowest BCUT2D eigenvalue weighted by Crippen LogP contribution is -2.53. The summed E-state index contributed by atoms with van der Waals surface area (Å²) in [4.78, 5) is 13.0. The van der Waals surface area contributed by atoms with Gasteiger partial charge >= 0.3 is 0 Å². The number of hydrogen-bond acceptors (Lipinski definition) is 7. The van der Waals surface area contributed by atoms with Crippen LogP contribution >= 0.6 is 22.6 Å². The Kier molecular flexibility index (Phi) is 7.46. The van der Waals surface area contributed by atoms with E-state index in [1.807, 2.05) is 4.57 Å². The van der Waals surface area contributed by atoms with E-state index in [4.69, 9.17) is 19.3 Å². The Labute approximate surface area is 213 Å². The molecule has 0 bridgehead atoms. The van der Waals surface area contributed by atoms with Crippen LogP contribution < -0.4 is 5.73 Å². The molecule has 0 spiro atoms. The van der Waals surface area contributed by atoms with Crippen molar-refractivity contribution in [2.75, 3.05) is 10.2 Å². The fourth-order valence-electron chi connectivity index (χ4n) is 3.41. The Balaban J connectivity index is 2.10. The zero-order valence-electron chi connectivity index (χ0n) is 21.6. The summed E-state index contributed by atoms with van der Waals surface area (Å²) >= 11 is 2.39. The first-order chi connectivity index (χ1) is 15.0. The molecular formula is C22H40IN5O3Si2. The molecule has 2 aromatic rings. The van der Waals surface area contributed by atoms with Crippen LogP contribution in [0.3, 0.4) is 0 Å². The van der Waals surface area contributed by atoms with E-state index in [0.29, 0.717) is 17.0 Å². The number of fused-ring (bicyclic) bond motifs is 1. The Morgan fingerprint density at radius 1 is 0.970 bits per heavy atom. The van der Waals surface area contributed by atoms with Gasteiger partial charge in [-0.2, -0.15) is 0 Å². The number of alkyl halides is 1. The molecule has 8 nitrogen and oxygen atoms in total. The molecule has 3 rings (SSSR count). The molecule has 4 atom stereocenters. The molecule has 1 saturated heterocycles. The summed E-state index contributed by atoms with van der Waals surface area (Å²) in [5, 5.41) is 0.122. The van der Waals surface area contributed by atoms with Gasteiger partial charge in [-0.1, -0.05) is 64.1 Å². The minimum absolute atomic E-state index is 0.0467. The summed E-state index contributed by atoms with van der Waals surface area (Å²) in [7, 11) is -4.23. The highest BCUT2D eigenvalue weighted by molar-refractivity contribution is 14.1. The van der Waals surface area contributed by atoms with Crippen LogP contribution in [0.1, 0.15) is 47.8 Å². The molecule has 2 N–H and O–H groups in total. The molecule has 0 unspecified atom stereocenters.